The quantitative estimate of drug-likeness (QED) is 0.747. The Morgan fingerprint density at radius 1 is 1.19 bits per heavy atom. The summed E-state index contributed by atoms with van der Waals surface area (Å²) < 4.78 is 22.4. The number of rotatable bonds is 6. The van der Waals surface area contributed by atoms with E-state index >= 15 is 0 Å². The third-order valence-electron chi connectivity index (χ3n) is 2.84. The van der Waals surface area contributed by atoms with Gasteiger partial charge in [-0.3, -0.25) is 9.59 Å². The van der Waals surface area contributed by atoms with E-state index in [1.165, 1.54) is 6.92 Å². The highest BCUT2D eigenvalue weighted by atomic mass is 35.5. The lowest BCUT2D eigenvalue weighted by Gasteiger charge is -2.11. The lowest BCUT2D eigenvalue weighted by molar-refractivity contribution is -0.120. The second kappa shape index (κ2) is 7.42. The van der Waals surface area contributed by atoms with Crippen LogP contribution in [0, 0.1) is 0 Å². The van der Waals surface area contributed by atoms with E-state index in [0.29, 0.717) is 10.6 Å². The van der Waals surface area contributed by atoms with Crippen molar-refractivity contribution < 1.29 is 18.0 Å². The first kappa shape index (κ1) is 17.5. The molecule has 0 heterocycles. The summed E-state index contributed by atoms with van der Waals surface area (Å²) in [6.07, 6.45) is 0.996. The number of halogens is 1. The Hall–Kier alpha value is -1.60. The lowest BCUT2D eigenvalue weighted by atomic mass is 10.2. The summed E-state index contributed by atoms with van der Waals surface area (Å²) in [5.74, 6) is -0.949. The molecule has 0 saturated heterocycles. The molecule has 21 heavy (non-hydrogen) atoms. The van der Waals surface area contributed by atoms with Gasteiger partial charge in [-0.1, -0.05) is 23.7 Å². The molecule has 0 fully saturated rings. The predicted octanol–water partition coefficient (Wildman–Crippen LogP) is 0.619. The van der Waals surface area contributed by atoms with Crippen LogP contribution in [0.2, 0.25) is 5.02 Å². The van der Waals surface area contributed by atoms with Crippen molar-refractivity contribution in [3.8, 4) is 0 Å². The lowest BCUT2D eigenvalue weighted by Crippen LogP contribution is -2.41. The molecule has 0 spiro atoms. The topological polar surface area (TPSA) is 92.3 Å². The van der Waals surface area contributed by atoms with Crippen molar-refractivity contribution in [1.82, 2.24) is 10.6 Å². The van der Waals surface area contributed by atoms with Gasteiger partial charge in [-0.15, -0.1) is 0 Å². The van der Waals surface area contributed by atoms with Gasteiger partial charge in [0.15, 0.2) is 9.84 Å². The zero-order chi connectivity index (χ0) is 16.0. The van der Waals surface area contributed by atoms with E-state index in [1.807, 2.05) is 0 Å². The van der Waals surface area contributed by atoms with Gasteiger partial charge < -0.3 is 10.6 Å². The number of carbonyl (C=O) groups is 2. The normalized spacial score (nSPS) is 12.5. The maximum Gasteiger partial charge on any atom is 0.252 e. The highest BCUT2D eigenvalue weighted by molar-refractivity contribution is 7.92. The van der Waals surface area contributed by atoms with Crippen molar-refractivity contribution >= 4 is 33.3 Å². The molecule has 0 saturated carbocycles. The van der Waals surface area contributed by atoms with Crippen molar-refractivity contribution in [2.75, 3.05) is 19.3 Å². The maximum absolute atomic E-state index is 11.8. The molecule has 0 radical (unpaired) electrons. The SMILES string of the molecule is C[C@H](C(=O)NCCNC(=O)c1ccccc1Cl)S(C)(=O)=O. The Morgan fingerprint density at radius 3 is 2.33 bits per heavy atom. The summed E-state index contributed by atoms with van der Waals surface area (Å²) in [4.78, 5) is 23.3. The molecular weight excluding hydrogens is 316 g/mol. The molecule has 2 N–H and O–H groups in total. The number of hydrogen-bond donors (Lipinski definition) is 2. The van der Waals surface area contributed by atoms with E-state index in [2.05, 4.69) is 10.6 Å². The molecule has 0 aliphatic heterocycles. The van der Waals surface area contributed by atoms with Crippen LogP contribution in [0.15, 0.2) is 24.3 Å². The van der Waals surface area contributed by atoms with Gasteiger partial charge in [-0.05, 0) is 19.1 Å². The molecule has 0 aliphatic rings. The summed E-state index contributed by atoms with van der Waals surface area (Å²) >= 11 is 5.88. The summed E-state index contributed by atoms with van der Waals surface area (Å²) in [6, 6.07) is 6.59. The fourth-order valence-corrected chi connectivity index (χ4v) is 2.13. The Labute approximate surface area is 128 Å². The van der Waals surface area contributed by atoms with Crippen LogP contribution in [0.4, 0.5) is 0 Å². The smallest absolute Gasteiger partial charge is 0.252 e. The van der Waals surface area contributed by atoms with Crippen LogP contribution in [-0.2, 0) is 14.6 Å². The van der Waals surface area contributed by atoms with Gasteiger partial charge in [0.2, 0.25) is 5.91 Å². The molecule has 0 unspecified atom stereocenters. The van der Waals surface area contributed by atoms with Gasteiger partial charge in [0.25, 0.3) is 5.91 Å². The second-order valence-corrected chi connectivity index (χ2v) is 7.27. The van der Waals surface area contributed by atoms with E-state index in [1.54, 1.807) is 24.3 Å². The molecule has 6 nitrogen and oxygen atoms in total. The maximum atomic E-state index is 11.8. The van der Waals surface area contributed by atoms with Crippen LogP contribution in [0.25, 0.3) is 0 Å². The van der Waals surface area contributed by atoms with E-state index in [4.69, 9.17) is 11.6 Å². The first-order valence-corrected chi connectivity index (χ1v) is 8.56. The molecule has 1 aromatic carbocycles. The molecule has 0 aliphatic carbocycles. The minimum Gasteiger partial charge on any atom is -0.353 e. The summed E-state index contributed by atoms with van der Waals surface area (Å²) in [5.41, 5.74) is 0.343. The van der Waals surface area contributed by atoms with Crippen LogP contribution in [0.1, 0.15) is 17.3 Å². The number of benzene rings is 1. The van der Waals surface area contributed by atoms with Crippen LogP contribution in [0.5, 0.6) is 0 Å². The van der Waals surface area contributed by atoms with Gasteiger partial charge in [0.1, 0.15) is 5.25 Å². The first-order chi connectivity index (χ1) is 9.73. The standard InChI is InChI=1S/C13H17ClN2O4S/c1-9(21(2,19)20)12(17)15-7-8-16-13(18)10-5-3-4-6-11(10)14/h3-6,9H,7-8H2,1-2H3,(H,15,17)(H,16,18)/t9-/m1/s1. The monoisotopic (exact) mass is 332 g/mol. The Morgan fingerprint density at radius 2 is 1.76 bits per heavy atom. The third-order valence-corrected chi connectivity index (χ3v) is 4.67. The molecule has 2 amide bonds. The third kappa shape index (κ3) is 5.35. The average Bonchev–Trinajstić information content (AvgIpc) is 2.41. The predicted molar refractivity (Wildman–Crippen MR) is 81.1 cm³/mol. The van der Waals surface area contributed by atoms with E-state index < -0.39 is 21.0 Å². The Bertz CT molecular complexity index is 631. The average molecular weight is 333 g/mol. The minimum atomic E-state index is -3.42. The van der Waals surface area contributed by atoms with Gasteiger partial charge in [-0.25, -0.2) is 8.42 Å². The summed E-state index contributed by atoms with van der Waals surface area (Å²) in [6.45, 7) is 1.62. The molecule has 1 aromatic rings. The molecule has 8 heteroatoms. The van der Waals surface area contributed by atoms with E-state index in [9.17, 15) is 18.0 Å². The van der Waals surface area contributed by atoms with Crippen LogP contribution in [0.3, 0.4) is 0 Å². The molecule has 1 atom stereocenters. The van der Waals surface area contributed by atoms with Crippen LogP contribution in [-0.4, -0.2) is 44.8 Å². The van der Waals surface area contributed by atoms with Gasteiger partial charge >= 0.3 is 0 Å². The van der Waals surface area contributed by atoms with Crippen molar-refractivity contribution in [3.05, 3.63) is 34.9 Å². The number of hydrogen-bond acceptors (Lipinski definition) is 4. The summed E-state index contributed by atoms with van der Waals surface area (Å²) in [5, 5.41) is 4.25. The van der Waals surface area contributed by atoms with Crippen molar-refractivity contribution in [1.29, 1.82) is 0 Å². The zero-order valence-electron chi connectivity index (χ0n) is 11.7. The fourth-order valence-electron chi connectivity index (χ4n) is 1.44. The number of sulfone groups is 1. The first-order valence-electron chi connectivity index (χ1n) is 6.22. The minimum absolute atomic E-state index is 0.134. The Balaban J connectivity index is 2.40. The number of carbonyl (C=O) groups excluding carboxylic acids is 2. The van der Waals surface area contributed by atoms with Gasteiger partial charge in [0.05, 0.1) is 10.6 Å². The van der Waals surface area contributed by atoms with Crippen LogP contribution < -0.4 is 10.6 Å². The second-order valence-electron chi connectivity index (χ2n) is 4.50. The largest absolute Gasteiger partial charge is 0.353 e. The molecule has 116 valence electrons. The summed E-state index contributed by atoms with van der Waals surface area (Å²) in [7, 11) is -3.42. The highest BCUT2D eigenvalue weighted by Crippen LogP contribution is 2.14. The van der Waals surface area contributed by atoms with E-state index in [-0.39, 0.29) is 19.0 Å². The van der Waals surface area contributed by atoms with E-state index in [0.717, 1.165) is 6.26 Å². The van der Waals surface area contributed by atoms with Crippen molar-refractivity contribution in [3.63, 3.8) is 0 Å². The molecule has 0 bridgehead atoms. The molecular formula is C13H17ClN2O4S. The fraction of sp³-hybridized carbons (Fsp3) is 0.385. The molecule has 1 rings (SSSR count). The van der Waals surface area contributed by atoms with Gasteiger partial charge in [0, 0.05) is 19.3 Å². The number of nitrogens with one attached hydrogen (secondary N) is 2. The van der Waals surface area contributed by atoms with Crippen molar-refractivity contribution in [2.24, 2.45) is 0 Å². The zero-order valence-corrected chi connectivity index (χ0v) is 13.3. The van der Waals surface area contributed by atoms with Gasteiger partial charge in [-0.2, -0.15) is 0 Å². The molecule has 0 aromatic heterocycles. The van der Waals surface area contributed by atoms with Crippen LogP contribution >= 0.6 is 11.6 Å². The number of amides is 2. The highest BCUT2D eigenvalue weighted by Gasteiger charge is 2.22. The Kier molecular flexibility index (Phi) is 6.17. The van der Waals surface area contributed by atoms with Crippen molar-refractivity contribution in [2.45, 2.75) is 12.2 Å².